The van der Waals surface area contributed by atoms with Crippen molar-refractivity contribution in [3.05, 3.63) is 29.3 Å². The maximum Gasteiger partial charge on any atom is 0.238 e. The number of likely N-dealkylation sites (tertiary alicyclic amines) is 1. The number of nitrogens with one attached hydrogen (secondary N) is 2. The maximum absolute atomic E-state index is 12.1. The van der Waals surface area contributed by atoms with Crippen LogP contribution in [-0.2, 0) is 4.79 Å². The predicted octanol–water partition coefficient (Wildman–Crippen LogP) is 2.35. The smallest absolute Gasteiger partial charge is 0.238 e. The van der Waals surface area contributed by atoms with Crippen molar-refractivity contribution in [2.24, 2.45) is 0 Å². The first-order valence-electron chi connectivity index (χ1n) is 7.34. The molecule has 1 aliphatic rings. The third kappa shape index (κ3) is 5.65. The van der Waals surface area contributed by atoms with Crippen LogP contribution in [0, 0.1) is 13.8 Å². The van der Waals surface area contributed by atoms with E-state index in [0.29, 0.717) is 12.6 Å². The maximum atomic E-state index is 12.1. The van der Waals surface area contributed by atoms with Crippen molar-refractivity contribution < 1.29 is 4.79 Å². The number of piperidine rings is 1. The lowest BCUT2D eigenvalue weighted by Crippen LogP contribution is -2.46. The molecular formula is C16H26ClN3O. The van der Waals surface area contributed by atoms with Crippen LogP contribution in [0.25, 0.3) is 0 Å². The van der Waals surface area contributed by atoms with Gasteiger partial charge in [0.25, 0.3) is 0 Å². The van der Waals surface area contributed by atoms with Gasteiger partial charge in [0.1, 0.15) is 0 Å². The van der Waals surface area contributed by atoms with Crippen molar-refractivity contribution in [1.82, 2.24) is 10.2 Å². The van der Waals surface area contributed by atoms with Crippen molar-refractivity contribution in [2.75, 3.05) is 32.0 Å². The minimum Gasteiger partial charge on any atom is -0.325 e. The van der Waals surface area contributed by atoms with Crippen LogP contribution >= 0.6 is 12.4 Å². The van der Waals surface area contributed by atoms with Gasteiger partial charge in [-0.2, -0.15) is 0 Å². The summed E-state index contributed by atoms with van der Waals surface area (Å²) < 4.78 is 0. The lowest BCUT2D eigenvalue weighted by molar-refractivity contribution is -0.117. The predicted molar refractivity (Wildman–Crippen MR) is 90.3 cm³/mol. The number of benzene rings is 1. The van der Waals surface area contributed by atoms with Gasteiger partial charge in [-0.15, -0.1) is 12.4 Å². The van der Waals surface area contributed by atoms with Crippen LogP contribution in [0.15, 0.2) is 18.2 Å². The first-order chi connectivity index (χ1) is 9.56. The zero-order valence-corrected chi connectivity index (χ0v) is 13.9. The van der Waals surface area contributed by atoms with E-state index in [1.54, 1.807) is 0 Å². The Hall–Kier alpha value is -1.10. The first-order valence-corrected chi connectivity index (χ1v) is 7.34. The molecule has 4 nitrogen and oxygen atoms in total. The molecule has 0 saturated carbocycles. The Bertz CT molecular complexity index is 458. The first kappa shape index (κ1) is 18.0. The summed E-state index contributed by atoms with van der Waals surface area (Å²) >= 11 is 0. The molecule has 1 aromatic rings. The van der Waals surface area contributed by atoms with Gasteiger partial charge in [-0.25, -0.2) is 0 Å². The monoisotopic (exact) mass is 311 g/mol. The zero-order valence-electron chi connectivity index (χ0n) is 13.1. The number of carbonyl (C=O) groups is 1. The van der Waals surface area contributed by atoms with Crippen LogP contribution in [0.5, 0.6) is 0 Å². The number of hydrogen-bond donors (Lipinski definition) is 2. The summed E-state index contributed by atoms with van der Waals surface area (Å²) in [7, 11) is 1.99. The van der Waals surface area contributed by atoms with Gasteiger partial charge in [-0.3, -0.25) is 9.69 Å². The fourth-order valence-electron chi connectivity index (χ4n) is 2.89. The molecule has 0 aromatic heterocycles. The molecule has 0 spiro atoms. The molecule has 1 saturated heterocycles. The quantitative estimate of drug-likeness (QED) is 0.897. The van der Waals surface area contributed by atoms with Gasteiger partial charge in [-0.1, -0.05) is 6.07 Å². The fourth-order valence-corrected chi connectivity index (χ4v) is 2.89. The van der Waals surface area contributed by atoms with Crippen LogP contribution < -0.4 is 10.6 Å². The third-order valence-corrected chi connectivity index (χ3v) is 3.79. The molecule has 1 fully saturated rings. The molecule has 1 heterocycles. The number of nitrogens with zero attached hydrogens (tertiary/aromatic N) is 1. The van der Waals surface area contributed by atoms with Gasteiger partial charge < -0.3 is 10.6 Å². The Morgan fingerprint density at radius 2 is 1.95 bits per heavy atom. The van der Waals surface area contributed by atoms with Gasteiger partial charge in [-0.05, 0) is 63.5 Å². The molecule has 0 aliphatic carbocycles. The molecule has 1 aromatic carbocycles. The number of carbonyl (C=O) groups excluding carboxylic acids is 1. The van der Waals surface area contributed by atoms with Crippen LogP contribution in [0.2, 0.25) is 0 Å². The van der Waals surface area contributed by atoms with Crippen molar-refractivity contribution in [3.8, 4) is 0 Å². The second-order valence-electron chi connectivity index (χ2n) is 5.79. The lowest BCUT2D eigenvalue weighted by Gasteiger charge is -2.31. The van der Waals surface area contributed by atoms with Crippen molar-refractivity contribution in [1.29, 1.82) is 0 Å². The van der Waals surface area contributed by atoms with Crippen molar-refractivity contribution >= 4 is 24.0 Å². The summed E-state index contributed by atoms with van der Waals surface area (Å²) in [5, 5.41) is 6.30. The molecule has 5 heteroatoms. The lowest BCUT2D eigenvalue weighted by atomic mass is 10.1. The molecule has 1 atom stereocenters. The Kier molecular flexibility index (Phi) is 7.15. The molecule has 1 unspecified atom stereocenters. The summed E-state index contributed by atoms with van der Waals surface area (Å²) in [5.41, 5.74) is 3.25. The van der Waals surface area contributed by atoms with Crippen molar-refractivity contribution in [3.63, 3.8) is 0 Å². The largest absolute Gasteiger partial charge is 0.325 e. The fraction of sp³-hybridized carbons (Fsp3) is 0.562. The van der Waals surface area contributed by atoms with E-state index < -0.39 is 0 Å². The zero-order chi connectivity index (χ0) is 14.5. The van der Waals surface area contributed by atoms with E-state index in [4.69, 9.17) is 0 Å². The highest BCUT2D eigenvalue weighted by atomic mass is 35.5. The minimum absolute atomic E-state index is 0. The van der Waals surface area contributed by atoms with E-state index in [0.717, 1.165) is 25.2 Å². The summed E-state index contributed by atoms with van der Waals surface area (Å²) in [6, 6.07) is 6.64. The minimum atomic E-state index is 0. The summed E-state index contributed by atoms with van der Waals surface area (Å²) in [6.45, 7) is 6.54. The number of anilines is 1. The molecule has 2 N–H and O–H groups in total. The molecule has 2 rings (SSSR count). The van der Waals surface area contributed by atoms with Gasteiger partial charge in [0.05, 0.1) is 6.54 Å². The van der Waals surface area contributed by atoms with Crippen LogP contribution in [0.1, 0.15) is 24.0 Å². The van der Waals surface area contributed by atoms with E-state index >= 15 is 0 Å². The Morgan fingerprint density at radius 3 is 2.57 bits per heavy atom. The second-order valence-corrected chi connectivity index (χ2v) is 5.79. The van der Waals surface area contributed by atoms with Crippen LogP contribution in [-0.4, -0.2) is 43.5 Å². The van der Waals surface area contributed by atoms with E-state index in [1.807, 2.05) is 33.0 Å². The molecular weight excluding hydrogens is 286 g/mol. The molecule has 0 bridgehead atoms. The highest BCUT2D eigenvalue weighted by Gasteiger charge is 2.20. The number of aryl methyl sites for hydroxylation is 2. The topological polar surface area (TPSA) is 44.4 Å². The molecule has 1 amide bonds. The number of rotatable bonds is 4. The van der Waals surface area contributed by atoms with E-state index in [9.17, 15) is 4.79 Å². The number of amides is 1. The van der Waals surface area contributed by atoms with Gasteiger partial charge in [0.15, 0.2) is 0 Å². The molecule has 21 heavy (non-hydrogen) atoms. The van der Waals surface area contributed by atoms with Crippen molar-refractivity contribution in [2.45, 2.75) is 32.7 Å². The van der Waals surface area contributed by atoms with E-state index in [1.165, 1.54) is 17.5 Å². The van der Waals surface area contributed by atoms with Gasteiger partial charge in [0, 0.05) is 18.3 Å². The summed E-state index contributed by atoms with van der Waals surface area (Å²) in [6.07, 6.45) is 2.36. The number of halogens is 1. The summed E-state index contributed by atoms with van der Waals surface area (Å²) in [4.78, 5) is 14.3. The van der Waals surface area contributed by atoms with Gasteiger partial charge in [0.2, 0.25) is 5.91 Å². The molecule has 118 valence electrons. The molecule has 1 aliphatic heterocycles. The van der Waals surface area contributed by atoms with Crippen LogP contribution in [0.3, 0.4) is 0 Å². The highest BCUT2D eigenvalue weighted by Crippen LogP contribution is 2.14. The van der Waals surface area contributed by atoms with E-state index in [2.05, 4.69) is 21.6 Å². The van der Waals surface area contributed by atoms with E-state index in [-0.39, 0.29) is 18.3 Å². The Morgan fingerprint density at radius 1 is 1.29 bits per heavy atom. The molecule has 0 radical (unpaired) electrons. The Balaban J connectivity index is 0.00000220. The second kappa shape index (κ2) is 8.37. The highest BCUT2D eigenvalue weighted by molar-refractivity contribution is 5.92. The number of likely N-dealkylation sites (N-methyl/N-ethyl adjacent to an activating group) is 1. The summed E-state index contributed by atoms with van der Waals surface area (Å²) in [5.74, 6) is 0.0757. The number of hydrogen-bond acceptors (Lipinski definition) is 3. The third-order valence-electron chi connectivity index (χ3n) is 3.79. The Labute approximate surface area is 133 Å². The average Bonchev–Trinajstić information content (AvgIpc) is 2.37. The van der Waals surface area contributed by atoms with Crippen LogP contribution in [0.4, 0.5) is 5.69 Å². The average molecular weight is 312 g/mol. The standard InChI is InChI=1S/C16H25N3O.ClH/c1-12-7-13(2)9-15(8-12)18-16(20)11-19-6-4-5-14(10-19)17-3;/h7-9,14,17H,4-6,10-11H2,1-3H3,(H,18,20);1H. The normalized spacial score (nSPS) is 18.9. The SMILES string of the molecule is CNC1CCCN(CC(=O)Nc2cc(C)cc(C)c2)C1.Cl. The van der Waals surface area contributed by atoms with Gasteiger partial charge >= 0.3 is 0 Å².